The van der Waals surface area contributed by atoms with Crippen LogP contribution in [0.2, 0.25) is 0 Å². The van der Waals surface area contributed by atoms with Gasteiger partial charge in [0.25, 0.3) is 0 Å². The Kier molecular flexibility index (Phi) is 4.58. The Labute approximate surface area is 157 Å². The maximum Gasteiger partial charge on any atom is 0.319 e. The van der Waals surface area contributed by atoms with E-state index in [4.69, 9.17) is 9.47 Å². The SMILES string of the molecule is CC(=O)Nc1cccc(NC(=O)NCc2c3c(cc4c2OCC4)OCC3)c1. The zero-order chi connectivity index (χ0) is 18.8. The third-order valence-corrected chi connectivity index (χ3v) is 4.63. The van der Waals surface area contributed by atoms with E-state index in [1.165, 1.54) is 6.92 Å². The van der Waals surface area contributed by atoms with Gasteiger partial charge in [0.2, 0.25) is 5.91 Å². The maximum atomic E-state index is 12.3. The monoisotopic (exact) mass is 367 g/mol. The molecule has 3 amide bonds. The van der Waals surface area contributed by atoms with Crippen LogP contribution in [-0.2, 0) is 24.2 Å². The lowest BCUT2D eigenvalue weighted by Crippen LogP contribution is -2.28. The normalized spacial score (nSPS) is 13.8. The summed E-state index contributed by atoms with van der Waals surface area (Å²) in [5.41, 5.74) is 4.48. The summed E-state index contributed by atoms with van der Waals surface area (Å²) in [6.07, 6.45) is 1.68. The van der Waals surface area contributed by atoms with Crippen molar-refractivity contribution in [2.45, 2.75) is 26.3 Å². The minimum atomic E-state index is -0.321. The number of nitrogens with one attached hydrogen (secondary N) is 3. The molecule has 0 aromatic heterocycles. The van der Waals surface area contributed by atoms with Crippen molar-refractivity contribution in [2.75, 3.05) is 23.8 Å². The van der Waals surface area contributed by atoms with Gasteiger partial charge >= 0.3 is 6.03 Å². The van der Waals surface area contributed by atoms with E-state index in [1.54, 1.807) is 24.3 Å². The Morgan fingerprint density at radius 2 is 1.81 bits per heavy atom. The fourth-order valence-electron chi connectivity index (χ4n) is 3.49. The third-order valence-electron chi connectivity index (χ3n) is 4.63. The Bertz CT molecular complexity index is 878. The summed E-state index contributed by atoms with van der Waals surface area (Å²) in [4.78, 5) is 23.5. The summed E-state index contributed by atoms with van der Waals surface area (Å²) in [6, 6.07) is 8.73. The van der Waals surface area contributed by atoms with Crippen LogP contribution in [0.25, 0.3) is 0 Å². The molecule has 2 heterocycles. The van der Waals surface area contributed by atoms with Crippen molar-refractivity contribution < 1.29 is 19.1 Å². The van der Waals surface area contributed by atoms with Crippen LogP contribution in [0.3, 0.4) is 0 Å². The molecule has 7 heteroatoms. The number of anilines is 2. The number of carbonyl (C=O) groups is 2. The molecule has 0 fully saturated rings. The van der Waals surface area contributed by atoms with Crippen molar-refractivity contribution in [3.8, 4) is 11.5 Å². The zero-order valence-electron chi connectivity index (χ0n) is 15.1. The van der Waals surface area contributed by atoms with Crippen molar-refractivity contribution >= 4 is 23.3 Å². The number of rotatable bonds is 4. The standard InChI is InChI=1S/C20H21N3O4/c1-12(24)22-14-3-2-4-15(10-14)23-20(25)21-11-17-16-6-8-26-18(16)9-13-5-7-27-19(13)17/h2-4,9-10H,5-8,11H2,1H3,(H,22,24)(H2,21,23,25). The van der Waals surface area contributed by atoms with Crippen LogP contribution in [0.5, 0.6) is 11.5 Å². The Morgan fingerprint density at radius 1 is 1.04 bits per heavy atom. The molecule has 7 nitrogen and oxygen atoms in total. The van der Waals surface area contributed by atoms with Crippen LogP contribution in [0.4, 0.5) is 16.2 Å². The summed E-state index contributed by atoms with van der Waals surface area (Å²) < 4.78 is 11.5. The quantitative estimate of drug-likeness (QED) is 0.775. The highest BCUT2D eigenvalue weighted by Gasteiger charge is 2.26. The van der Waals surface area contributed by atoms with Crippen LogP contribution >= 0.6 is 0 Å². The Morgan fingerprint density at radius 3 is 2.63 bits per heavy atom. The molecule has 0 saturated heterocycles. The van der Waals surface area contributed by atoms with Crippen LogP contribution in [0.15, 0.2) is 30.3 Å². The lowest BCUT2D eigenvalue weighted by molar-refractivity contribution is -0.114. The molecule has 2 aromatic carbocycles. The van der Waals surface area contributed by atoms with Crippen molar-refractivity contribution in [3.05, 3.63) is 47.0 Å². The highest BCUT2D eigenvalue weighted by Crippen LogP contribution is 2.40. The lowest BCUT2D eigenvalue weighted by atomic mass is 9.99. The molecule has 140 valence electrons. The fraction of sp³-hybridized carbons (Fsp3) is 0.300. The van der Waals surface area contributed by atoms with E-state index in [9.17, 15) is 9.59 Å². The molecule has 3 N–H and O–H groups in total. The molecule has 0 atom stereocenters. The minimum Gasteiger partial charge on any atom is -0.493 e. The topological polar surface area (TPSA) is 88.7 Å². The molecule has 2 aromatic rings. The number of urea groups is 1. The molecule has 4 rings (SSSR count). The predicted molar refractivity (Wildman–Crippen MR) is 101 cm³/mol. The summed E-state index contributed by atoms with van der Waals surface area (Å²) >= 11 is 0. The number of hydrogen-bond acceptors (Lipinski definition) is 4. The zero-order valence-corrected chi connectivity index (χ0v) is 15.1. The molecule has 0 unspecified atom stereocenters. The second kappa shape index (κ2) is 7.19. The van der Waals surface area contributed by atoms with Gasteiger partial charge in [0, 0.05) is 54.4 Å². The fourth-order valence-corrected chi connectivity index (χ4v) is 3.49. The second-order valence-electron chi connectivity index (χ2n) is 6.59. The van der Waals surface area contributed by atoms with Crippen molar-refractivity contribution in [1.29, 1.82) is 0 Å². The summed E-state index contributed by atoms with van der Waals surface area (Å²) in [7, 11) is 0. The predicted octanol–water partition coefficient (Wildman–Crippen LogP) is 2.84. The molecule has 0 radical (unpaired) electrons. The lowest BCUT2D eigenvalue weighted by Gasteiger charge is -2.14. The minimum absolute atomic E-state index is 0.161. The number of ether oxygens (including phenoxy) is 2. The van der Waals surface area contributed by atoms with Crippen molar-refractivity contribution in [1.82, 2.24) is 5.32 Å². The largest absolute Gasteiger partial charge is 0.493 e. The molecular formula is C20H21N3O4. The Hall–Kier alpha value is -3.22. The number of benzene rings is 2. The van der Waals surface area contributed by atoms with Crippen LogP contribution in [0, 0.1) is 0 Å². The van der Waals surface area contributed by atoms with E-state index in [-0.39, 0.29) is 11.9 Å². The number of fused-ring (bicyclic) bond motifs is 2. The first-order valence-electron chi connectivity index (χ1n) is 8.96. The van der Waals surface area contributed by atoms with Crippen LogP contribution < -0.4 is 25.4 Å². The summed E-state index contributed by atoms with van der Waals surface area (Å²) in [6.45, 7) is 3.13. The third kappa shape index (κ3) is 3.67. The first-order chi connectivity index (χ1) is 13.1. The van der Waals surface area contributed by atoms with Crippen LogP contribution in [-0.4, -0.2) is 25.2 Å². The van der Waals surface area contributed by atoms with Gasteiger partial charge in [-0.1, -0.05) is 6.07 Å². The van der Waals surface area contributed by atoms with Gasteiger partial charge in [-0.15, -0.1) is 0 Å². The van der Waals surface area contributed by atoms with E-state index in [1.807, 2.05) is 0 Å². The first-order valence-corrected chi connectivity index (χ1v) is 8.96. The van der Waals surface area contributed by atoms with E-state index < -0.39 is 0 Å². The average Bonchev–Trinajstić information content (AvgIpc) is 3.27. The van der Waals surface area contributed by atoms with Crippen molar-refractivity contribution in [2.24, 2.45) is 0 Å². The molecule has 27 heavy (non-hydrogen) atoms. The van der Waals surface area contributed by atoms with E-state index >= 15 is 0 Å². The second-order valence-corrected chi connectivity index (χ2v) is 6.59. The van der Waals surface area contributed by atoms with Gasteiger partial charge in [0.05, 0.1) is 13.2 Å². The molecule has 2 aliphatic rings. The average molecular weight is 367 g/mol. The van der Waals surface area contributed by atoms with E-state index in [2.05, 4.69) is 22.0 Å². The Balaban J connectivity index is 1.44. The van der Waals surface area contributed by atoms with Gasteiger partial charge in [-0.3, -0.25) is 4.79 Å². The van der Waals surface area contributed by atoms with Gasteiger partial charge in [0.15, 0.2) is 0 Å². The molecule has 0 saturated carbocycles. The first kappa shape index (κ1) is 17.2. The van der Waals surface area contributed by atoms with E-state index in [0.717, 1.165) is 41.0 Å². The molecule has 0 spiro atoms. The number of carbonyl (C=O) groups excluding carboxylic acids is 2. The highest BCUT2D eigenvalue weighted by molar-refractivity contribution is 5.92. The van der Waals surface area contributed by atoms with Gasteiger partial charge in [-0.25, -0.2) is 4.79 Å². The van der Waals surface area contributed by atoms with Crippen molar-refractivity contribution in [3.63, 3.8) is 0 Å². The van der Waals surface area contributed by atoms with E-state index in [0.29, 0.717) is 31.1 Å². The molecular weight excluding hydrogens is 346 g/mol. The molecule has 2 aliphatic heterocycles. The van der Waals surface area contributed by atoms with Gasteiger partial charge in [-0.05, 0) is 24.3 Å². The highest BCUT2D eigenvalue weighted by atomic mass is 16.5. The number of hydrogen-bond donors (Lipinski definition) is 3. The van der Waals surface area contributed by atoms with Gasteiger partial charge in [0.1, 0.15) is 11.5 Å². The van der Waals surface area contributed by atoms with Gasteiger partial charge < -0.3 is 25.4 Å². The van der Waals surface area contributed by atoms with Crippen LogP contribution in [0.1, 0.15) is 23.6 Å². The smallest absolute Gasteiger partial charge is 0.319 e. The molecule has 0 aliphatic carbocycles. The summed E-state index contributed by atoms with van der Waals surface area (Å²) in [5, 5.41) is 8.37. The van der Waals surface area contributed by atoms with Gasteiger partial charge in [-0.2, -0.15) is 0 Å². The summed E-state index contributed by atoms with van der Waals surface area (Å²) in [5.74, 6) is 1.62. The number of amides is 3. The maximum absolute atomic E-state index is 12.3. The molecule has 0 bridgehead atoms.